The van der Waals surface area contributed by atoms with Gasteiger partial charge in [0, 0.05) is 23.0 Å². The molecule has 5 atom stereocenters. The summed E-state index contributed by atoms with van der Waals surface area (Å²) in [5.41, 5.74) is 2.34. The van der Waals surface area contributed by atoms with Gasteiger partial charge in [-0.1, -0.05) is 19.9 Å². The van der Waals surface area contributed by atoms with Gasteiger partial charge < -0.3 is 14.3 Å². The minimum Gasteiger partial charge on any atom is -0.469 e. The third-order valence-electron chi connectivity index (χ3n) is 6.59. The lowest BCUT2D eigenvalue weighted by Crippen LogP contribution is -2.52. The molecule has 0 bridgehead atoms. The highest BCUT2D eigenvalue weighted by atomic mass is 16.5. The lowest BCUT2D eigenvalue weighted by atomic mass is 9.53. The number of furan rings is 1. The monoisotopic (exact) mass is 332 g/mol. The van der Waals surface area contributed by atoms with E-state index < -0.39 is 0 Å². The SMILES string of the molecule is CC=C(C)C(=O)O[C@H]1c2c(C)coc2C[C@H]2CC[C@@H](O)[C@H](C)[C@]21C. The molecule has 4 heteroatoms. The number of hydrogen-bond donors (Lipinski definition) is 1. The van der Waals surface area contributed by atoms with Crippen LogP contribution in [0, 0.1) is 24.2 Å². The summed E-state index contributed by atoms with van der Waals surface area (Å²) in [6.07, 6.45) is 5.38. The van der Waals surface area contributed by atoms with Crippen molar-refractivity contribution in [2.24, 2.45) is 17.3 Å². The maximum absolute atomic E-state index is 12.5. The molecule has 2 aliphatic rings. The Hall–Kier alpha value is -1.55. The Morgan fingerprint density at radius 2 is 2.17 bits per heavy atom. The molecule has 4 nitrogen and oxygen atoms in total. The minimum atomic E-state index is -0.377. The van der Waals surface area contributed by atoms with Gasteiger partial charge in [-0.05, 0) is 51.0 Å². The third-order valence-corrected chi connectivity index (χ3v) is 6.59. The van der Waals surface area contributed by atoms with Gasteiger partial charge in [0.15, 0.2) is 0 Å². The van der Waals surface area contributed by atoms with E-state index in [1.807, 2.05) is 13.8 Å². The number of aliphatic hydroxyl groups is 1. The Morgan fingerprint density at radius 1 is 1.46 bits per heavy atom. The number of carbonyl (C=O) groups excluding carboxylic acids is 1. The number of esters is 1. The lowest BCUT2D eigenvalue weighted by molar-refractivity contribution is -0.174. The fourth-order valence-electron chi connectivity index (χ4n) is 4.55. The maximum atomic E-state index is 12.5. The molecule has 0 saturated heterocycles. The first-order valence-electron chi connectivity index (χ1n) is 8.89. The molecule has 1 fully saturated rings. The van der Waals surface area contributed by atoms with E-state index in [2.05, 4.69) is 13.8 Å². The summed E-state index contributed by atoms with van der Waals surface area (Å²) in [6.45, 7) is 9.86. The van der Waals surface area contributed by atoms with E-state index in [1.165, 1.54) is 0 Å². The second-order valence-corrected chi connectivity index (χ2v) is 7.71. The average Bonchev–Trinajstić information content (AvgIpc) is 2.93. The normalized spacial score (nSPS) is 36.0. The lowest BCUT2D eigenvalue weighted by Gasteiger charge is -2.54. The number of aryl methyl sites for hydroxylation is 1. The summed E-state index contributed by atoms with van der Waals surface area (Å²) in [4.78, 5) is 12.5. The van der Waals surface area contributed by atoms with Gasteiger partial charge in [0.25, 0.3) is 0 Å². The molecule has 1 aromatic heterocycles. The highest BCUT2D eigenvalue weighted by Gasteiger charge is 2.56. The second kappa shape index (κ2) is 6.07. The second-order valence-electron chi connectivity index (χ2n) is 7.71. The van der Waals surface area contributed by atoms with Crippen molar-refractivity contribution < 1.29 is 19.1 Å². The maximum Gasteiger partial charge on any atom is 0.334 e. The number of hydrogen-bond acceptors (Lipinski definition) is 4. The quantitative estimate of drug-likeness (QED) is 0.654. The van der Waals surface area contributed by atoms with Crippen LogP contribution in [-0.4, -0.2) is 17.2 Å². The summed E-state index contributed by atoms with van der Waals surface area (Å²) >= 11 is 0. The Labute approximate surface area is 143 Å². The van der Waals surface area contributed by atoms with Crippen LogP contribution < -0.4 is 0 Å². The molecule has 0 spiro atoms. The molecule has 0 unspecified atom stereocenters. The first-order chi connectivity index (χ1) is 11.3. The predicted molar refractivity (Wildman–Crippen MR) is 91.4 cm³/mol. The van der Waals surface area contributed by atoms with Crippen molar-refractivity contribution >= 4 is 5.97 Å². The fraction of sp³-hybridized carbons (Fsp3) is 0.650. The Bertz CT molecular complexity index is 671. The van der Waals surface area contributed by atoms with E-state index in [-0.39, 0.29) is 29.5 Å². The van der Waals surface area contributed by atoms with Gasteiger partial charge in [-0.2, -0.15) is 0 Å². The van der Waals surface area contributed by atoms with Crippen molar-refractivity contribution in [1.82, 2.24) is 0 Å². The van der Waals surface area contributed by atoms with Crippen molar-refractivity contribution in [3.8, 4) is 0 Å². The van der Waals surface area contributed by atoms with E-state index >= 15 is 0 Å². The third kappa shape index (κ3) is 2.43. The van der Waals surface area contributed by atoms with Crippen molar-refractivity contribution in [2.45, 2.75) is 66.1 Å². The highest BCUT2D eigenvalue weighted by Crippen LogP contribution is 2.59. The van der Waals surface area contributed by atoms with Crippen LogP contribution in [0.1, 0.15) is 63.5 Å². The Kier molecular flexibility index (Phi) is 4.37. The van der Waals surface area contributed by atoms with Crippen LogP contribution in [-0.2, 0) is 16.0 Å². The van der Waals surface area contributed by atoms with Gasteiger partial charge in [-0.15, -0.1) is 0 Å². The number of fused-ring (bicyclic) bond motifs is 2. The van der Waals surface area contributed by atoms with Crippen LogP contribution in [0.5, 0.6) is 0 Å². The van der Waals surface area contributed by atoms with E-state index in [1.54, 1.807) is 19.3 Å². The van der Waals surface area contributed by atoms with Crippen LogP contribution >= 0.6 is 0 Å². The first-order valence-corrected chi connectivity index (χ1v) is 8.89. The summed E-state index contributed by atoms with van der Waals surface area (Å²) in [7, 11) is 0. The van der Waals surface area contributed by atoms with Gasteiger partial charge in [0.1, 0.15) is 11.9 Å². The first kappa shape index (κ1) is 17.3. The predicted octanol–water partition coefficient (Wildman–Crippen LogP) is 4.11. The molecule has 0 aromatic carbocycles. The summed E-state index contributed by atoms with van der Waals surface area (Å²) in [5, 5.41) is 10.5. The van der Waals surface area contributed by atoms with Crippen molar-refractivity contribution in [3.63, 3.8) is 0 Å². The zero-order chi connectivity index (χ0) is 17.6. The van der Waals surface area contributed by atoms with E-state index in [0.29, 0.717) is 11.5 Å². The Morgan fingerprint density at radius 3 is 2.83 bits per heavy atom. The number of rotatable bonds is 2. The van der Waals surface area contributed by atoms with Crippen molar-refractivity contribution in [1.29, 1.82) is 0 Å². The summed E-state index contributed by atoms with van der Waals surface area (Å²) in [6, 6.07) is 0. The van der Waals surface area contributed by atoms with Crippen LogP contribution in [0.2, 0.25) is 0 Å². The standard InChI is InChI=1S/C20H28O4/c1-6-11(2)19(22)24-18-17-12(3)10-23-16(17)9-14-7-8-15(21)13(4)20(14,18)5/h6,10,13-15,18,21H,7-9H2,1-5H3/t13-,14+,15+,18-,20+/m0/s1. The summed E-state index contributed by atoms with van der Waals surface area (Å²) < 4.78 is 11.8. The van der Waals surface area contributed by atoms with Crippen LogP contribution in [0.15, 0.2) is 22.3 Å². The van der Waals surface area contributed by atoms with Gasteiger partial charge in [-0.3, -0.25) is 0 Å². The van der Waals surface area contributed by atoms with Gasteiger partial charge in [0.2, 0.25) is 0 Å². The molecule has 2 aliphatic carbocycles. The molecular weight excluding hydrogens is 304 g/mol. The molecule has 3 rings (SSSR count). The van der Waals surface area contributed by atoms with E-state index in [0.717, 1.165) is 36.1 Å². The van der Waals surface area contributed by atoms with Crippen LogP contribution in [0.3, 0.4) is 0 Å². The van der Waals surface area contributed by atoms with Crippen molar-refractivity contribution in [2.75, 3.05) is 0 Å². The van der Waals surface area contributed by atoms with Crippen LogP contribution in [0.25, 0.3) is 0 Å². The number of aliphatic hydroxyl groups excluding tert-OH is 1. The molecule has 0 aliphatic heterocycles. The van der Waals surface area contributed by atoms with Crippen LogP contribution in [0.4, 0.5) is 0 Å². The van der Waals surface area contributed by atoms with Gasteiger partial charge >= 0.3 is 5.97 Å². The Balaban J connectivity index is 2.08. The molecule has 1 heterocycles. The fourth-order valence-corrected chi connectivity index (χ4v) is 4.55. The zero-order valence-electron chi connectivity index (χ0n) is 15.3. The smallest absolute Gasteiger partial charge is 0.334 e. The molecule has 24 heavy (non-hydrogen) atoms. The van der Waals surface area contributed by atoms with E-state index in [9.17, 15) is 9.90 Å². The van der Waals surface area contributed by atoms with Gasteiger partial charge in [-0.25, -0.2) is 4.79 Å². The topological polar surface area (TPSA) is 59.7 Å². The molecule has 0 amide bonds. The zero-order valence-corrected chi connectivity index (χ0v) is 15.3. The summed E-state index contributed by atoms with van der Waals surface area (Å²) in [5.74, 6) is 1.05. The molecule has 1 aromatic rings. The number of carbonyl (C=O) groups is 1. The highest BCUT2D eigenvalue weighted by molar-refractivity contribution is 5.87. The van der Waals surface area contributed by atoms with Crippen molar-refractivity contribution in [3.05, 3.63) is 34.8 Å². The molecule has 132 valence electrons. The molecular formula is C20H28O4. The molecule has 0 radical (unpaired) electrons. The average molecular weight is 332 g/mol. The van der Waals surface area contributed by atoms with Gasteiger partial charge in [0.05, 0.1) is 12.4 Å². The van der Waals surface area contributed by atoms with E-state index in [4.69, 9.17) is 9.15 Å². The molecule has 1 N–H and O–H groups in total. The minimum absolute atomic E-state index is 0.0578. The number of allylic oxidation sites excluding steroid dienone is 1. The largest absolute Gasteiger partial charge is 0.469 e. The molecule has 1 saturated carbocycles. The number of ether oxygens (including phenoxy) is 1.